The molecule has 0 aliphatic carbocycles. The van der Waals surface area contributed by atoms with Crippen LogP contribution in [0.25, 0.3) is 0 Å². The SMILES string of the molecule is CCOc1cc(OC)c(C(=O)CC)cc1Br. The summed E-state index contributed by atoms with van der Waals surface area (Å²) in [5.41, 5.74) is 0.584. The lowest BCUT2D eigenvalue weighted by Crippen LogP contribution is -2.02. The number of carbonyl (C=O) groups is 1. The molecule has 4 heteroatoms. The number of ether oxygens (including phenoxy) is 2. The Morgan fingerprint density at radius 3 is 2.50 bits per heavy atom. The number of benzene rings is 1. The molecular weight excluding hydrogens is 272 g/mol. The molecule has 1 aromatic carbocycles. The van der Waals surface area contributed by atoms with Gasteiger partial charge in [0.2, 0.25) is 0 Å². The Balaban J connectivity index is 3.20. The molecule has 3 nitrogen and oxygen atoms in total. The highest BCUT2D eigenvalue weighted by atomic mass is 79.9. The van der Waals surface area contributed by atoms with Gasteiger partial charge in [-0.25, -0.2) is 0 Å². The van der Waals surface area contributed by atoms with Crippen molar-refractivity contribution in [1.29, 1.82) is 0 Å². The maximum Gasteiger partial charge on any atom is 0.166 e. The van der Waals surface area contributed by atoms with Crippen molar-refractivity contribution < 1.29 is 14.3 Å². The van der Waals surface area contributed by atoms with Gasteiger partial charge in [0.25, 0.3) is 0 Å². The first-order valence-electron chi connectivity index (χ1n) is 5.17. The van der Waals surface area contributed by atoms with Crippen LogP contribution in [-0.2, 0) is 0 Å². The quantitative estimate of drug-likeness (QED) is 0.778. The van der Waals surface area contributed by atoms with E-state index in [0.29, 0.717) is 30.1 Å². The van der Waals surface area contributed by atoms with Gasteiger partial charge in [-0.2, -0.15) is 0 Å². The summed E-state index contributed by atoms with van der Waals surface area (Å²) in [7, 11) is 1.55. The first-order valence-corrected chi connectivity index (χ1v) is 5.96. The Kier molecular flexibility index (Phi) is 4.80. The molecule has 0 heterocycles. The second kappa shape index (κ2) is 5.89. The second-order valence-corrected chi connectivity index (χ2v) is 4.05. The minimum Gasteiger partial charge on any atom is -0.496 e. The van der Waals surface area contributed by atoms with E-state index >= 15 is 0 Å². The van der Waals surface area contributed by atoms with Crippen LogP contribution in [0.4, 0.5) is 0 Å². The monoisotopic (exact) mass is 286 g/mol. The Morgan fingerprint density at radius 2 is 2.00 bits per heavy atom. The van der Waals surface area contributed by atoms with Crippen LogP contribution in [0.1, 0.15) is 30.6 Å². The van der Waals surface area contributed by atoms with Crippen LogP contribution < -0.4 is 9.47 Å². The predicted molar refractivity (Wildman–Crippen MR) is 66.5 cm³/mol. The molecule has 0 saturated carbocycles. The van der Waals surface area contributed by atoms with E-state index in [1.165, 1.54) is 0 Å². The fraction of sp³-hybridized carbons (Fsp3) is 0.417. The average Bonchev–Trinajstić information content (AvgIpc) is 2.30. The van der Waals surface area contributed by atoms with Crippen LogP contribution in [0, 0.1) is 0 Å². The third-order valence-corrected chi connectivity index (χ3v) is 2.80. The maximum absolute atomic E-state index is 11.7. The number of methoxy groups -OCH3 is 1. The van der Waals surface area contributed by atoms with Crippen molar-refractivity contribution in [3.05, 3.63) is 22.2 Å². The smallest absolute Gasteiger partial charge is 0.166 e. The standard InChI is InChI=1S/C12H15BrO3/c1-4-10(14)8-6-9(13)12(16-5-2)7-11(8)15-3/h6-7H,4-5H2,1-3H3. The summed E-state index contributed by atoms with van der Waals surface area (Å²) < 4.78 is 11.4. The van der Waals surface area contributed by atoms with Gasteiger partial charge in [-0.15, -0.1) is 0 Å². The van der Waals surface area contributed by atoms with Crippen molar-refractivity contribution in [2.75, 3.05) is 13.7 Å². The van der Waals surface area contributed by atoms with Gasteiger partial charge in [0, 0.05) is 12.5 Å². The molecule has 0 aliphatic heterocycles. The van der Waals surface area contributed by atoms with Crippen molar-refractivity contribution >= 4 is 21.7 Å². The van der Waals surface area contributed by atoms with Crippen LogP contribution >= 0.6 is 15.9 Å². The molecule has 0 aromatic heterocycles. The molecule has 1 aromatic rings. The van der Waals surface area contributed by atoms with Gasteiger partial charge >= 0.3 is 0 Å². The summed E-state index contributed by atoms with van der Waals surface area (Å²) in [5, 5.41) is 0. The molecule has 0 fully saturated rings. The van der Waals surface area contributed by atoms with Crippen molar-refractivity contribution in [1.82, 2.24) is 0 Å². The van der Waals surface area contributed by atoms with E-state index < -0.39 is 0 Å². The molecule has 0 unspecified atom stereocenters. The van der Waals surface area contributed by atoms with Crippen LogP contribution in [0.5, 0.6) is 11.5 Å². The normalized spacial score (nSPS) is 10.0. The molecule has 0 amide bonds. The number of hydrogen-bond acceptors (Lipinski definition) is 3. The summed E-state index contributed by atoms with van der Waals surface area (Å²) in [5.74, 6) is 1.30. The van der Waals surface area contributed by atoms with Gasteiger partial charge in [0.15, 0.2) is 5.78 Å². The zero-order valence-corrected chi connectivity index (χ0v) is 11.3. The zero-order chi connectivity index (χ0) is 12.1. The lowest BCUT2D eigenvalue weighted by atomic mass is 10.1. The lowest BCUT2D eigenvalue weighted by molar-refractivity contribution is 0.0985. The Hall–Kier alpha value is -1.03. The summed E-state index contributed by atoms with van der Waals surface area (Å²) in [6.07, 6.45) is 0.455. The summed E-state index contributed by atoms with van der Waals surface area (Å²) >= 11 is 3.38. The summed E-state index contributed by atoms with van der Waals surface area (Å²) in [4.78, 5) is 11.7. The van der Waals surface area contributed by atoms with Crippen LogP contribution in [-0.4, -0.2) is 19.5 Å². The van der Waals surface area contributed by atoms with Gasteiger partial charge < -0.3 is 9.47 Å². The molecule has 88 valence electrons. The number of Topliss-reactive ketones (excluding diaryl/α,β-unsaturated/α-hetero) is 1. The molecule has 0 atom stereocenters. The second-order valence-electron chi connectivity index (χ2n) is 3.19. The molecule has 0 aliphatic rings. The zero-order valence-electron chi connectivity index (χ0n) is 9.67. The van der Waals surface area contributed by atoms with Crippen LogP contribution in [0.15, 0.2) is 16.6 Å². The molecular formula is C12H15BrO3. The van der Waals surface area contributed by atoms with Crippen molar-refractivity contribution in [3.8, 4) is 11.5 Å². The molecule has 0 bridgehead atoms. The predicted octanol–water partition coefficient (Wildman–Crippen LogP) is 3.45. The molecule has 16 heavy (non-hydrogen) atoms. The van der Waals surface area contributed by atoms with Gasteiger partial charge in [-0.3, -0.25) is 4.79 Å². The molecule has 0 saturated heterocycles. The van der Waals surface area contributed by atoms with E-state index in [1.807, 2.05) is 13.8 Å². The highest BCUT2D eigenvalue weighted by Crippen LogP contribution is 2.33. The van der Waals surface area contributed by atoms with E-state index in [2.05, 4.69) is 15.9 Å². The van der Waals surface area contributed by atoms with Gasteiger partial charge in [0.05, 0.1) is 23.8 Å². The number of halogens is 1. The molecule has 1 rings (SSSR count). The Labute approximate surface area is 104 Å². The third-order valence-electron chi connectivity index (χ3n) is 2.18. The van der Waals surface area contributed by atoms with E-state index in [0.717, 1.165) is 4.47 Å². The number of carbonyl (C=O) groups excluding carboxylic acids is 1. The fourth-order valence-electron chi connectivity index (χ4n) is 1.38. The minimum absolute atomic E-state index is 0.0561. The number of hydrogen-bond donors (Lipinski definition) is 0. The van der Waals surface area contributed by atoms with E-state index in [4.69, 9.17) is 9.47 Å². The lowest BCUT2D eigenvalue weighted by Gasteiger charge is -2.11. The van der Waals surface area contributed by atoms with Crippen LogP contribution in [0.2, 0.25) is 0 Å². The molecule has 0 radical (unpaired) electrons. The summed E-state index contributed by atoms with van der Waals surface area (Å²) in [6, 6.07) is 3.48. The number of rotatable bonds is 5. The Morgan fingerprint density at radius 1 is 1.31 bits per heavy atom. The van der Waals surface area contributed by atoms with Crippen molar-refractivity contribution in [2.24, 2.45) is 0 Å². The highest BCUT2D eigenvalue weighted by molar-refractivity contribution is 9.10. The van der Waals surface area contributed by atoms with Gasteiger partial charge in [-0.1, -0.05) is 6.92 Å². The van der Waals surface area contributed by atoms with Gasteiger partial charge in [-0.05, 0) is 28.9 Å². The van der Waals surface area contributed by atoms with Crippen molar-refractivity contribution in [3.63, 3.8) is 0 Å². The van der Waals surface area contributed by atoms with Crippen molar-refractivity contribution in [2.45, 2.75) is 20.3 Å². The van der Waals surface area contributed by atoms with Gasteiger partial charge in [0.1, 0.15) is 11.5 Å². The first-order chi connectivity index (χ1) is 7.63. The Bertz CT molecular complexity index is 388. The minimum atomic E-state index is 0.0561. The maximum atomic E-state index is 11.7. The largest absolute Gasteiger partial charge is 0.496 e. The third kappa shape index (κ3) is 2.76. The van der Waals surface area contributed by atoms with Crippen LogP contribution in [0.3, 0.4) is 0 Å². The topological polar surface area (TPSA) is 35.5 Å². The highest BCUT2D eigenvalue weighted by Gasteiger charge is 2.14. The van der Waals surface area contributed by atoms with E-state index in [9.17, 15) is 4.79 Å². The fourth-order valence-corrected chi connectivity index (χ4v) is 1.84. The first kappa shape index (κ1) is 13.0. The number of ketones is 1. The van der Waals surface area contributed by atoms with E-state index in [-0.39, 0.29) is 5.78 Å². The molecule has 0 N–H and O–H groups in total. The average molecular weight is 287 g/mol. The summed E-state index contributed by atoms with van der Waals surface area (Å²) in [6.45, 7) is 4.30. The molecule has 0 spiro atoms. The van der Waals surface area contributed by atoms with E-state index in [1.54, 1.807) is 19.2 Å².